The van der Waals surface area contributed by atoms with Gasteiger partial charge >= 0.3 is 29.6 Å². The van der Waals surface area contributed by atoms with Gasteiger partial charge in [-0.05, 0) is 6.42 Å². The number of carbonyl (C=O) groups is 1. The second kappa shape index (κ2) is 17.0. The van der Waals surface area contributed by atoms with Gasteiger partial charge in [0.2, 0.25) is 0 Å². The van der Waals surface area contributed by atoms with Crippen LogP contribution in [0, 0.1) is 0 Å². The van der Waals surface area contributed by atoms with Crippen LogP contribution < -0.4 is 29.6 Å². The van der Waals surface area contributed by atoms with Gasteiger partial charge in [-0.1, -0.05) is 51.9 Å². The van der Waals surface area contributed by atoms with Crippen molar-refractivity contribution >= 4 is 6.29 Å². The minimum absolute atomic E-state index is 0. The van der Waals surface area contributed by atoms with Crippen LogP contribution in [0.15, 0.2) is 0 Å². The summed E-state index contributed by atoms with van der Waals surface area (Å²) >= 11 is 0. The molecule has 0 aromatic rings. The van der Waals surface area contributed by atoms with Crippen LogP contribution in [0.5, 0.6) is 0 Å². The Morgan fingerprint density at radius 3 is 2.07 bits per heavy atom. The molecule has 0 bridgehead atoms. The van der Waals surface area contributed by atoms with Crippen molar-refractivity contribution in [3.05, 3.63) is 0 Å². The molecule has 0 heterocycles. The second-order valence-corrected chi connectivity index (χ2v) is 3.72. The first-order valence-electron chi connectivity index (χ1n) is 5.93. The van der Waals surface area contributed by atoms with Gasteiger partial charge in [0.05, 0.1) is 0 Å². The van der Waals surface area contributed by atoms with Crippen molar-refractivity contribution < 1.29 is 40.5 Å². The van der Waals surface area contributed by atoms with E-state index in [1.54, 1.807) is 0 Å². The molecular formula is C12H25NaO2. The van der Waals surface area contributed by atoms with Gasteiger partial charge in [0.1, 0.15) is 12.9 Å². The van der Waals surface area contributed by atoms with Crippen molar-refractivity contribution in [3.63, 3.8) is 0 Å². The van der Waals surface area contributed by atoms with Crippen molar-refractivity contribution in [1.29, 1.82) is 0 Å². The fourth-order valence-electron chi connectivity index (χ4n) is 1.47. The van der Waals surface area contributed by atoms with Crippen molar-refractivity contribution in [3.8, 4) is 0 Å². The van der Waals surface area contributed by atoms with Gasteiger partial charge in [-0.2, -0.15) is 0 Å². The molecule has 0 atom stereocenters. The van der Waals surface area contributed by atoms with Gasteiger partial charge in [0, 0.05) is 6.61 Å². The maximum atomic E-state index is 9.92. The van der Waals surface area contributed by atoms with Crippen molar-refractivity contribution in [2.24, 2.45) is 0 Å². The smallest absolute Gasteiger partial charge is 1.00 e. The van der Waals surface area contributed by atoms with Crippen LogP contribution in [0.4, 0.5) is 0 Å². The quantitative estimate of drug-likeness (QED) is 0.289. The minimum atomic E-state index is 0. The topological polar surface area (TPSA) is 26.3 Å². The van der Waals surface area contributed by atoms with Crippen LogP contribution in [0.25, 0.3) is 0 Å². The zero-order valence-electron chi connectivity index (χ0n) is 11.5. The standard InChI is InChI=1S/C12H24O2.Na.H/c1-2-3-4-5-6-7-8-9-11-14-12-10-13;;/h10H,2-9,11-12H2,1H3;;/q;+1;-1. The maximum absolute atomic E-state index is 9.92. The van der Waals surface area contributed by atoms with Gasteiger partial charge in [-0.3, -0.25) is 0 Å². The molecule has 0 N–H and O–H groups in total. The molecule has 0 spiro atoms. The summed E-state index contributed by atoms with van der Waals surface area (Å²) in [4.78, 5) is 9.92. The van der Waals surface area contributed by atoms with Crippen LogP contribution in [-0.4, -0.2) is 19.5 Å². The van der Waals surface area contributed by atoms with E-state index in [2.05, 4.69) is 6.92 Å². The predicted molar refractivity (Wildman–Crippen MR) is 60.6 cm³/mol. The molecule has 0 saturated carbocycles. The van der Waals surface area contributed by atoms with Crippen LogP contribution >= 0.6 is 0 Å². The fourth-order valence-corrected chi connectivity index (χ4v) is 1.47. The van der Waals surface area contributed by atoms with E-state index in [9.17, 15) is 4.79 Å². The fraction of sp³-hybridized carbons (Fsp3) is 0.917. The summed E-state index contributed by atoms with van der Waals surface area (Å²) in [7, 11) is 0. The number of rotatable bonds is 11. The monoisotopic (exact) mass is 224 g/mol. The normalized spacial score (nSPS) is 9.67. The third-order valence-electron chi connectivity index (χ3n) is 2.33. The van der Waals surface area contributed by atoms with Crippen molar-refractivity contribution in [1.82, 2.24) is 0 Å². The number of aldehydes is 1. The van der Waals surface area contributed by atoms with Crippen LogP contribution in [0.2, 0.25) is 0 Å². The molecule has 0 aromatic heterocycles. The first-order valence-corrected chi connectivity index (χ1v) is 5.93. The molecular weight excluding hydrogens is 199 g/mol. The molecule has 0 rings (SSSR count). The Morgan fingerprint density at radius 1 is 1.00 bits per heavy atom. The third kappa shape index (κ3) is 17.3. The number of hydrogen-bond acceptors (Lipinski definition) is 2. The molecule has 86 valence electrons. The van der Waals surface area contributed by atoms with Gasteiger partial charge in [0.25, 0.3) is 0 Å². The molecule has 0 amide bonds. The molecule has 0 aromatic carbocycles. The van der Waals surface area contributed by atoms with Crippen LogP contribution in [0.3, 0.4) is 0 Å². The SMILES string of the molecule is CCCCCCCCCCOCC=O.[H-].[Na+]. The van der Waals surface area contributed by atoms with E-state index in [-0.39, 0.29) is 37.6 Å². The average Bonchev–Trinajstić information content (AvgIpc) is 2.21. The van der Waals surface area contributed by atoms with Gasteiger partial charge in [-0.25, -0.2) is 0 Å². The van der Waals surface area contributed by atoms with E-state index in [0.717, 1.165) is 19.3 Å². The molecule has 0 aliphatic heterocycles. The van der Waals surface area contributed by atoms with E-state index >= 15 is 0 Å². The van der Waals surface area contributed by atoms with Gasteiger partial charge in [-0.15, -0.1) is 0 Å². The molecule has 15 heavy (non-hydrogen) atoms. The number of carbonyl (C=O) groups excluding carboxylic acids is 1. The summed E-state index contributed by atoms with van der Waals surface area (Å²) in [6.07, 6.45) is 11.3. The molecule has 2 nitrogen and oxygen atoms in total. The average molecular weight is 224 g/mol. The summed E-state index contributed by atoms with van der Waals surface area (Å²) in [6.45, 7) is 3.24. The summed E-state index contributed by atoms with van der Waals surface area (Å²) in [5.41, 5.74) is 0. The molecule has 0 aliphatic carbocycles. The Morgan fingerprint density at radius 2 is 1.53 bits per heavy atom. The number of ether oxygens (including phenoxy) is 1. The Labute approximate surface area is 118 Å². The van der Waals surface area contributed by atoms with E-state index in [1.165, 1.54) is 44.9 Å². The van der Waals surface area contributed by atoms with Crippen molar-refractivity contribution in [2.75, 3.05) is 13.2 Å². The first-order chi connectivity index (χ1) is 6.91. The predicted octanol–water partition coefficient (Wildman–Crippen LogP) is 0.459. The zero-order valence-corrected chi connectivity index (χ0v) is 12.5. The molecule has 0 unspecified atom stereocenters. The largest absolute Gasteiger partial charge is 1.00 e. The number of unbranched alkanes of at least 4 members (excludes halogenated alkanes) is 7. The third-order valence-corrected chi connectivity index (χ3v) is 2.33. The zero-order chi connectivity index (χ0) is 10.5. The summed E-state index contributed by atoms with van der Waals surface area (Å²) in [5.74, 6) is 0. The van der Waals surface area contributed by atoms with E-state index in [0.29, 0.717) is 0 Å². The van der Waals surface area contributed by atoms with Gasteiger partial charge in [0.15, 0.2) is 0 Å². The Hall–Kier alpha value is 0.630. The number of hydrogen-bond donors (Lipinski definition) is 0. The molecule has 0 aliphatic rings. The molecule has 3 heteroatoms. The van der Waals surface area contributed by atoms with E-state index in [4.69, 9.17) is 4.74 Å². The van der Waals surface area contributed by atoms with Crippen LogP contribution in [0.1, 0.15) is 59.7 Å². The van der Waals surface area contributed by atoms with Crippen molar-refractivity contribution in [2.45, 2.75) is 58.3 Å². The summed E-state index contributed by atoms with van der Waals surface area (Å²) in [5, 5.41) is 0. The Balaban J connectivity index is -0.000000845. The van der Waals surface area contributed by atoms with E-state index < -0.39 is 0 Å². The van der Waals surface area contributed by atoms with Gasteiger partial charge < -0.3 is 11.0 Å². The van der Waals surface area contributed by atoms with Crippen LogP contribution in [-0.2, 0) is 9.53 Å². The molecule has 0 fully saturated rings. The molecule has 0 saturated heterocycles. The molecule has 0 radical (unpaired) electrons. The Bertz CT molecular complexity index is 124. The maximum Gasteiger partial charge on any atom is 1.00 e. The minimum Gasteiger partial charge on any atom is -1.00 e. The summed E-state index contributed by atoms with van der Waals surface area (Å²) in [6, 6.07) is 0. The van der Waals surface area contributed by atoms with E-state index in [1.807, 2.05) is 0 Å². The Kier molecular flexibility index (Phi) is 20.5. The summed E-state index contributed by atoms with van der Waals surface area (Å²) < 4.78 is 5.06. The first kappa shape index (κ1) is 18.0. The second-order valence-electron chi connectivity index (χ2n) is 3.72.